The van der Waals surface area contributed by atoms with Crippen molar-refractivity contribution in [3.8, 4) is 0 Å². The molecular formula is C16H17Cl2N. The van der Waals surface area contributed by atoms with Crippen molar-refractivity contribution in [1.29, 1.82) is 0 Å². The van der Waals surface area contributed by atoms with Crippen LogP contribution in [0, 0.1) is 0 Å². The SMILES string of the molecule is CCC(N)(Cc1ccc(Cl)c(Cl)c1)c1ccccc1. The summed E-state index contributed by atoms with van der Waals surface area (Å²) in [6, 6.07) is 15.9. The summed E-state index contributed by atoms with van der Waals surface area (Å²) in [5.74, 6) is 0. The second-order valence-corrected chi connectivity index (χ2v) is 5.62. The maximum Gasteiger partial charge on any atom is 0.0595 e. The average molecular weight is 294 g/mol. The topological polar surface area (TPSA) is 26.0 Å². The zero-order chi connectivity index (χ0) is 13.9. The molecule has 0 saturated carbocycles. The predicted octanol–water partition coefficient (Wildman–Crippen LogP) is 4.80. The van der Waals surface area contributed by atoms with Crippen LogP contribution in [0.3, 0.4) is 0 Å². The fourth-order valence-electron chi connectivity index (χ4n) is 2.22. The lowest BCUT2D eigenvalue weighted by Crippen LogP contribution is -2.38. The summed E-state index contributed by atoms with van der Waals surface area (Å²) in [5.41, 5.74) is 8.43. The van der Waals surface area contributed by atoms with Gasteiger partial charge in [0.05, 0.1) is 10.0 Å². The Morgan fingerprint density at radius 2 is 1.68 bits per heavy atom. The van der Waals surface area contributed by atoms with Crippen LogP contribution in [-0.2, 0) is 12.0 Å². The van der Waals surface area contributed by atoms with E-state index in [1.165, 1.54) is 0 Å². The van der Waals surface area contributed by atoms with E-state index in [1.54, 1.807) is 0 Å². The van der Waals surface area contributed by atoms with Crippen molar-refractivity contribution in [2.75, 3.05) is 0 Å². The highest BCUT2D eigenvalue weighted by Crippen LogP contribution is 2.29. The lowest BCUT2D eigenvalue weighted by molar-refractivity contribution is 0.425. The summed E-state index contributed by atoms with van der Waals surface area (Å²) in [4.78, 5) is 0. The van der Waals surface area contributed by atoms with Crippen LogP contribution < -0.4 is 5.73 Å². The largest absolute Gasteiger partial charge is 0.321 e. The molecule has 1 unspecified atom stereocenters. The Bertz CT molecular complexity index is 554. The smallest absolute Gasteiger partial charge is 0.0595 e. The van der Waals surface area contributed by atoms with E-state index in [4.69, 9.17) is 28.9 Å². The highest BCUT2D eigenvalue weighted by Gasteiger charge is 2.25. The van der Waals surface area contributed by atoms with Gasteiger partial charge in [0.1, 0.15) is 0 Å². The minimum Gasteiger partial charge on any atom is -0.321 e. The van der Waals surface area contributed by atoms with Crippen LogP contribution >= 0.6 is 23.2 Å². The Morgan fingerprint density at radius 3 is 2.26 bits per heavy atom. The highest BCUT2D eigenvalue weighted by molar-refractivity contribution is 6.42. The van der Waals surface area contributed by atoms with Crippen molar-refractivity contribution < 1.29 is 0 Å². The van der Waals surface area contributed by atoms with Crippen molar-refractivity contribution >= 4 is 23.2 Å². The molecule has 0 saturated heterocycles. The molecule has 0 aliphatic carbocycles. The van der Waals surface area contributed by atoms with Gasteiger partial charge < -0.3 is 5.73 Å². The molecule has 0 heterocycles. The van der Waals surface area contributed by atoms with Gasteiger partial charge in [0, 0.05) is 5.54 Å². The maximum absolute atomic E-state index is 6.56. The number of nitrogens with two attached hydrogens (primary N) is 1. The Kier molecular flexibility index (Phi) is 4.51. The van der Waals surface area contributed by atoms with E-state index in [2.05, 4.69) is 19.1 Å². The molecular weight excluding hydrogens is 277 g/mol. The van der Waals surface area contributed by atoms with Gasteiger partial charge >= 0.3 is 0 Å². The molecule has 0 radical (unpaired) electrons. The minimum absolute atomic E-state index is 0.377. The van der Waals surface area contributed by atoms with Crippen LogP contribution in [0.1, 0.15) is 24.5 Å². The molecule has 0 aliphatic rings. The summed E-state index contributed by atoms with van der Waals surface area (Å²) in [5, 5.41) is 1.15. The zero-order valence-electron chi connectivity index (χ0n) is 10.9. The van der Waals surface area contributed by atoms with Crippen molar-refractivity contribution in [2.45, 2.75) is 25.3 Å². The van der Waals surface area contributed by atoms with Gasteiger partial charge in [-0.3, -0.25) is 0 Å². The fraction of sp³-hybridized carbons (Fsp3) is 0.250. The first-order valence-electron chi connectivity index (χ1n) is 6.33. The number of benzene rings is 2. The lowest BCUT2D eigenvalue weighted by atomic mass is 9.82. The zero-order valence-corrected chi connectivity index (χ0v) is 12.4. The molecule has 2 N–H and O–H groups in total. The van der Waals surface area contributed by atoms with Gasteiger partial charge in [0.15, 0.2) is 0 Å². The van der Waals surface area contributed by atoms with Gasteiger partial charge in [-0.2, -0.15) is 0 Å². The number of hydrogen-bond acceptors (Lipinski definition) is 1. The van der Waals surface area contributed by atoms with Crippen molar-refractivity contribution in [3.63, 3.8) is 0 Å². The van der Waals surface area contributed by atoms with E-state index < -0.39 is 0 Å². The first-order valence-corrected chi connectivity index (χ1v) is 7.09. The van der Waals surface area contributed by atoms with E-state index in [0.29, 0.717) is 10.0 Å². The molecule has 0 amide bonds. The number of halogens is 2. The Morgan fingerprint density at radius 1 is 1.00 bits per heavy atom. The Labute approximate surface area is 124 Å². The molecule has 0 fully saturated rings. The quantitative estimate of drug-likeness (QED) is 0.861. The summed E-state index contributed by atoms with van der Waals surface area (Å²) < 4.78 is 0. The average Bonchev–Trinajstić information content (AvgIpc) is 2.44. The lowest BCUT2D eigenvalue weighted by Gasteiger charge is -2.29. The van der Waals surface area contributed by atoms with E-state index in [9.17, 15) is 0 Å². The van der Waals surface area contributed by atoms with Crippen LogP contribution in [0.25, 0.3) is 0 Å². The normalized spacial score (nSPS) is 14.1. The first kappa shape index (κ1) is 14.4. The highest BCUT2D eigenvalue weighted by atomic mass is 35.5. The maximum atomic E-state index is 6.56. The summed E-state index contributed by atoms with van der Waals surface area (Å²) >= 11 is 12.0. The van der Waals surface area contributed by atoms with Crippen LogP contribution in [0.5, 0.6) is 0 Å². The Hall–Kier alpha value is -1.02. The molecule has 1 atom stereocenters. The van der Waals surface area contributed by atoms with Gasteiger partial charge in [-0.1, -0.05) is 66.5 Å². The van der Waals surface area contributed by atoms with Gasteiger partial charge in [-0.05, 0) is 36.1 Å². The van der Waals surface area contributed by atoms with E-state index in [-0.39, 0.29) is 5.54 Å². The number of rotatable bonds is 4. The molecule has 0 aliphatic heterocycles. The third kappa shape index (κ3) is 3.30. The summed E-state index contributed by atoms with van der Waals surface area (Å²) in [6.07, 6.45) is 1.60. The molecule has 0 spiro atoms. The predicted molar refractivity (Wildman–Crippen MR) is 82.8 cm³/mol. The van der Waals surface area contributed by atoms with Crippen LogP contribution in [-0.4, -0.2) is 0 Å². The first-order chi connectivity index (χ1) is 9.05. The second kappa shape index (κ2) is 5.96. The van der Waals surface area contributed by atoms with E-state index >= 15 is 0 Å². The minimum atomic E-state index is -0.377. The summed E-state index contributed by atoms with van der Waals surface area (Å²) in [6.45, 7) is 2.10. The number of hydrogen-bond donors (Lipinski definition) is 1. The van der Waals surface area contributed by atoms with E-state index in [0.717, 1.165) is 24.0 Å². The summed E-state index contributed by atoms with van der Waals surface area (Å²) in [7, 11) is 0. The van der Waals surface area contributed by atoms with Crippen molar-refractivity contribution in [3.05, 3.63) is 69.7 Å². The Balaban J connectivity index is 2.30. The second-order valence-electron chi connectivity index (χ2n) is 4.80. The van der Waals surface area contributed by atoms with Crippen LogP contribution in [0.15, 0.2) is 48.5 Å². The molecule has 3 heteroatoms. The van der Waals surface area contributed by atoms with Crippen LogP contribution in [0.4, 0.5) is 0 Å². The molecule has 1 nitrogen and oxygen atoms in total. The molecule has 100 valence electrons. The van der Waals surface area contributed by atoms with Gasteiger partial charge in [-0.15, -0.1) is 0 Å². The van der Waals surface area contributed by atoms with Gasteiger partial charge in [0.2, 0.25) is 0 Å². The fourth-order valence-corrected chi connectivity index (χ4v) is 2.54. The molecule has 2 aromatic rings. The third-order valence-electron chi connectivity index (χ3n) is 3.48. The molecule has 2 aromatic carbocycles. The van der Waals surface area contributed by atoms with E-state index in [1.807, 2.05) is 36.4 Å². The third-order valence-corrected chi connectivity index (χ3v) is 4.22. The monoisotopic (exact) mass is 293 g/mol. The van der Waals surface area contributed by atoms with Crippen molar-refractivity contribution in [2.24, 2.45) is 5.73 Å². The molecule has 0 aromatic heterocycles. The molecule has 19 heavy (non-hydrogen) atoms. The van der Waals surface area contributed by atoms with Crippen molar-refractivity contribution in [1.82, 2.24) is 0 Å². The van der Waals surface area contributed by atoms with Gasteiger partial charge in [-0.25, -0.2) is 0 Å². The standard InChI is InChI=1S/C16H17Cl2N/c1-2-16(19,13-6-4-3-5-7-13)11-12-8-9-14(17)15(18)10-12/h3-10H,2,11,19H2,1H3. The molecule has 0 bridgehead atoms. The van der Waals surface area contributed by atoms with Crippen LogP contribution in [0.2, 0.25) is 10.0 Å². The van der Waals surface area contributed by atoms with Gasteiger partial charge in [0.25, 0.3) is 0 Å². The molecule has 2 rings (SSSR count).